The zero-order valence-electron chi connectivity index (χ0n) is 37.3. The van der Waals surface area contributed by atoms with Crippen molar-refractivity contribution in [1.82, 2.24) is 0 Å². The van der Waals surface area contributed by atoms with Crippen LogP contribution in [0.5, 0.6) is 0 Å². The summed E-state index contributed by atoms with van der Waals surface area (Å²) in [7, 11) is -4.37. The van der Waals surface area contributed by atoms with Crippen molar-refractivity contribution in [3.63, 3.8) is 0 Å². The minimum atomic E-state index is -4.37. The van der Waals surface area contributed by atoms with Crippen LogP contribution in [0.1, 0.15) is 245 Å². The minimum Gasteiger partial charge on any atom is -0.462 e. The Balaban J connectivity index is 4.02. The quantitative estimate of drug-likeness (QED) is 0.0266. The van der Waals surface area contributed by atoms with Crippen molar-refractivity contribution in [2.24, 2.45) is 5.73 Å². The molecular weight excluding hydrogens is 737 g/mol. The largest absolute Gasteiger partial charge is 0.472 e. The van der Waals surface area contributed by atoms with Gasteiger partial charge in [-0.2, -0.15) is 0 Å². The highest BCUT2D eigenvalue weighted by molar-refractivity contribution is 7.47. The van der Waals surface area contributed by atoms with Gasteiger partial charge in [0.15, 0.2) is 6.10 Å². The molecule has 0 saturated carbocycles. The molecule has 10 heteroatoms. The molecule has 2 atom stereocenters. The van der Waals surface area contributed by atoms with Gasteiger partial charge in [0, 0.05) is 19.4 Å². The van der Waals surface area contributed by atoms with E-state index in [1.807, 2.05) is 0 Å². The second kappa shape index (κ2) is 44.3. The number of ether oxygens (including phenoxy) is 2. The predicted molar refractivity (Wildman–Crippen MR) is 238 cm³/mol. The van der Waals surface area contributed by atoms with Crippen molar-refractivity contribution in [2.75, 3.05) is 26.4 Å². The Kier molecular flexibility index (Phi) is 43.3. The fourth-order valence-electron chi connectivity index (χ4n) is 7.04. The van der Waals surface area contributed by atoms with Crippen molar-refractivity contribution in [2.45, 2.75) is 251 Å². The maximum absolute atomic E-state index is 12.6. The van der Waals surface area contributed by atoms with Crippen molar-refractivity contribution < 1.29 is 37.6 Å². The van der Waals surface area contributed by atoms with Gasteiger partial charge in [0.2, 0.25) is 0 Å². The fraction of sp³-hybridized carbons (Fsp3) is 0.915. The molecule has 0 rings (SSSR count). The van der Waals surface area contributed by atoms with Crippen LogP contribution in [-0.2, 0) is 32.7 Å². The number of allylic oxidation sites excluding steroid dienone is 2. The van der Waals surface area contributed by atoms with Crippen LogP contribution >= 0.6 is 7.82 Å². The van der Waals surface area contributed by atoms with E-state index in [0.717, 1.165) is 32.1 Å². The Morgan fingerprint density at radius 1 is 0.509 bits per heavy atom. The molecule has 338 valence electrons. The smallest absolute Gasteiger partial charge is 0.462 e. The van der Waals surface area contributed by atoms with Crippen LogP contribution in [0.25, 0.3) is 0 Å². The van der Waals surface area contributed by atoms with E-state index in [2.05, 4.69) is 26.0 Å². The Morgan fingerprint density at radius 2 is 0.860 bits per heavy atom. The zero-order chi connectivity index (χ0) is 41.8. The summed E-state index contributed by atoms with van der Waals surface area (Å²) in [4.78, 5) is 35.0. The SMILES string of the molecule is CCCCCCCCC=CCCCCCCCCCCCCCC(=O)OC[C@H](COP(=O)(O)OCCN)OC(=O)CCCCCCCCCCCCCCCCC. The molecule has 0 aromatic carbocycles. The Labute approximate surface area is 351 Å². The monoisotopic (exact) mass is 830 g/mol. The molecule has 1 unspecified atom stereocenters. The second-order valence-electron chi connectivity index (χ2n) is 16.3. The van der Waals surface area contributed by atoms with Gasteiger partial charge in [0.25, 0.3) is 0 Å². The van der Waals surface area contributed by atoms with Gasteiger partial charge in [-0.05, 0) is 38.5 Å². The zero-order valence-corrected chi connectivity index (χ0v) is 38.2. The lowest BCUT2D eigenvalue weighted by Gasteiger charge is -2.19. The molecule has 0 aliphatic carbocycles. The average molecular weight is 830 g/mol. The first-order valence-electron chi connectivity index (χ1n) is 24.2. The molecule has 0 aromatic rings. The summed E-state index contributed by atoms with van der Waals surface area (Å²) in [6, 6.07) is 0. The minimum absolute atomic E-state index is 0.0566. The van der Waals surface area contributed by atoms with Gasteiger partial charge in [-0.15, -0.1) is 0 Å². The number of esters is 2. The first-order valence-corrected chi connectivity index (χ1v) is 25.7. The standard InChI is InChI=1S/C47H92NO8P/c1-3-5-7-9-11-13-15-17-19-20-21-22-23-24-26-27-29-31-33-35-37-39-46(49)53-43-45(44-55-57(51,52)54-42-41-48)56-47(50)40-38-36-34-32-30-28-25-18-16-14-12-10-8-6-4-2/h17,19,45H,3-16,18,20-44,48H2,1-2H3,(H,51,52)/t45-/m1/s1. The molecule has 0 radical (unpaired) electrons. The Morgan fingerprint density at radius 3 is 1.25 bits per heavy atom. The number of carbonyl (C=O) groups is 2. The van der Waals surface area contributed by atoms with E-state index in [0.29, 0.717) is 6.42 Å². The Bertz CT molecular complexity index is 948. The third kappa shape index (κ3) is 44.1. The maximum Gasteiger partial charge on any atom is 0.472 e. The molecule has 0 aliphatic rings. The molecular formula is C47H92NO8P. The molecule has 0 saturated heterocycles. The van der Waals surface area contributed by atoms with Gasteiger partial charge in [-0.25, -0.2) is 4.57 Å². The number of unbranched alkanes of at least 4 members (excludes halogenated alkanes) is 31. The van der Waals surface area contributed by atoms with Gasteiger partial charge in [-0.3, -0.25) is 18.6 Å². The molecule has 3 N–H and O–H groups in total. The van der Waals surface area contributed by atoms with E-state index in [-0.39, 0.29) is 38.6 Å². The lowest BCUT2D eigenvalue weighted by atomic mass is 10.0. The maximum atomic E-state index is 12.6. The average Bonchev–Trinajstić information content (AvgIpc) is 3.20. The Hall–Kier alpha value is -1.25. The van der Waals surface area contributed by atoms with Crippen molar-refractivity contribution in [1.29, 1.82) is 0 Å². The molecule has 0 bridgehead atoms. The van der Waals surface area contributed by atoms with E-state index < -0.39 is 26.5 Å². The highest BCUT2D eigenvalue weighted by Gasteiger charge is 2.26. The van der Waals surface area contributed by atoms with Crippen LogP contribution < -0.4 is 5.73 Å². The first-order chi connectivity index (χ1) is 27.8. The lowest BCUT2D eigenvalue weighted by Crippen LogP contribution is -2.29. The van der Waals surface area contributed by atoms with E-state index >= 15 is 0 Å². The van der Waals surface area contributed by atoms with Crippen LogP contribution in [-0.4, -0.2) is 49.3 Å². The van der Waals surface area contributed by atoms with Gasteiger partial charge >= 0.3 is 19.8 Å². The summed E-state index contributed by atoms with van der Waals surface area (Å²) in [6.07, 6.45) is 46.7. The third-order valence-electron chi connectivity index (χ3n) is 10.7. The van der Waals surface area contributed by atoms with Crippen molar-refractivity contribution >= 4 is 19.8 Å². The number of nitrogens with two attached hydrogens (primary N) is 1. The second-order valence-corrected chi connectivity index (χ2v) is 17.8. The number of rotatable bonds is 46. The summed E-state index contributed by atoms with van der Waals surface area (Å²) >= 11 is 0. The van der Waals surface area contributed by atoms with Crippen LogP contribution in [0.3, 0.4) is 0 Å². The summed E-state index contributed by atoms with van der Waals surface area (Å²) < 4.78 is 32.9. The van der Waals surface area contributed by atoms with Gasteiger partial charge in [0.05, 0.1) is 13.2 Å². The van der Waals surface area contributed by atoms with Gasteiger partial charge in [-0.1, -0.05) is 206 Å². The number of hydrogen-bond donors (Lipinski definition) is 2. The summed E-state index contributed by atoms with van der Waals surface area (Å²) in [6.45, 7) is 3.77. The number of phosphoric acid groups is 1. The predicted octanol–water partition coefficient (Wildman–Crippen LogP) is 14.2. The first kappa shape index (κ1) is 55.8. The normalized spacial score (nSPS) is 13.3. The lowest BCUT2D eigenvalue weighted by molar-refractivity contribution is -0.161. The van der Waals surface area contributed by atoms with E-state index in [4.69, 9.17) is 24.3 Å². The van der Waals surface area contributed by atoms with Crippen LogP contribution in [0.15, 0.2) is 12.2 Å². The molecule has 9 nitrogen and oxygen atoms in total. The van der Waals surface area contributed by atoms with Crippen molar-refractivity contribution in [3.05, 3.63) is 12.2 Å². The molecule has 0 heterocycles. The van der Waals surface area contributed by atoms with Crippen LogP contribution in [0.4, 0.5) is 0 Å². The van der Waals surface area contributed by atoms with E-state index in [1.165, 1.54) is 180 Å². The topological polar surface area (TPSA) is 134 Å². The summed E-state index contributed by atoms with van der Waals surface area (Å²) in [5.41, 5.74) is 5.36. The summed E-state index contributed by atoms with van der Waals surface area (Å²) in [5.74, 6) is -0.815. The summed E-state index contributed by atoms with van der Waals surface area (Å²) in [5, 5.41) is 0. The van der Waals surface area contributed by atoms with Gasteiger partial charge in [0.1, 0.15) is 6.61 Å². The van der Waals surface area contributed by atoms with Crippen LogP contribution in [0.2, 0.25) is 0 Å². The molecule has 0 aromatic heterocycles. The van der Waals surface area contributed by atoms with Gasteiger partial charge < -0.3 is 20.1 Å². The number of carbonyl (C=O) groups excluding carboxylic acids is 2. The van der Waals surface area contributed by atoms with Crippen molar-refractivity contribution in [3.8, 4) is 0 Å². The highest BCUT2D eigenvalue weighted by Crippen LogP contribution is 2.43. The number of hydrogen-bond acceptors (Lipinski definition) is 8. The van der Waals surface area contributed by atoms with Crippen LogP contribution in [0, 0.1) is 0 Å². The van der Waals surface area contributed by atoms with E-state index in [9.17, 15) is 19.0 Å². The van der Waals surface area contributed by atoms with E-state index in [1.54, 1.807) is 0 Å². The fourth-order valence-corrected chi connectivity index (χ4v) is 7.81. The molecule has 0 spiro atoms. The molecule has 57 heavy (non-hydrogen) atoms. The highest BCUT2D eigenvalue weighted by atomic mass is 31.2. The third-order valence-corrected chi connectivity index (χ3v) is 11.6. The number of phosphoric ester groups is 1. The molecule has 0 amide bonds. The molecule has 0 fully saturated rings. The molecule has 0 aliphatic heterocycles.